The highest BCUT2D eigenvalue weighted by Gasteiger charge is 2.17. The summed E-state index contributed by atoms with van der Waals surface area (Å²) >= 11 is 1.43. The van der Waals surface area contributed by atoms with Crippen LogP contribution in [0.15, 0.2) is 42.5 Å². The van der Waals surface area contributed by atoms with Crippen LogP contribution in [0, 0.1) is 0 Å². The van der Waals surface area contributed by atoms with Gasteiger partial charge in [-0.15, -0.1) is 0 Å². The molecule has 3 N–H and O–H groups in total. The number of hydrogen-bond acceptors (Lipinski definition) is 7. The highest BCUT2D eigenvalue weighted by atomic mass is 32.1. The van der Waals surface area contributed by atoms with E-state index in [1.807, 2.05) is 24.3 Å². The van der Waals surface area contributed by atoms with Crippen LogP contribution < -0.4 is 16.0 Å². The Morgan fingerprint density at radius 1 is 1.07 bits per heavy atom. The maximum absolute atomic E-state index is 12.3. The first kappa shape index (κ1) is 20.5. The van der Waals surface area contributed by atoms with Gasteiger partial charge < -0.3 is 15.4 Å². The van der Waals surface area contributed by atoms with Crippen molar-refractivity contribution in [2.24, 2.45) is 0 Å². The van der Waals surface area contributed by atoms with E-state index in [4.69, 9.17) is 4.74 Å². The van der Waals surface area contributed by atoms with Gasteiger partial charge in [0.25, 0.3) is 5.91 Å². The number of amides is 2. The van der Waals surface area contributed by atoms with Gasteiger partial charge in [-0.25, -0.2) is 9.78 Å². The Morgan fingerprint density at radius 3 is 2.66 bits per heavy atom. The van der Waals surface area contributed by atoms with Crippen molar-refractivity contribution in [3.63, 3.8) is 0 Å². The fraction of sp³-hybridized carbons (Fsp3) is 0.300. The molecule has 152 valence electrons. The van der Waals surface area contributed by atoms with Crippen molar-refractivity contribution < 1.29 is 14.3 Å². The Kier molecular flexibility index (Phi) is 6.28. The molecule has 2 amide bonds. The number of benzene rings is 1. The molecule has 3 rings (SSSR count). The predicted molar refractivity (Wildman–Crippen MR) is 115 cm³/mol. The van der Waals surface area contributed by atoms with Crippen LogP contribution in [0.25, 0.3) is 10.1 Å². The first-order chi connectivity index (χ1) is 13.8. The van der Waals surface area contributed by atoms with Crippen molar-refractivity contribution in [3.05, 3.63) is 48.2 Å². The topological polar surface area (TPSA) is 105 Å². The maximum atomic E-state index is 12.3. The van der Waals surface area contributed by atoms with Crippen molar-refractivity contribution in [3.8, 4) is 0 Å². The molecule has 0 bridgehead atoms. The molecule has 0 saturated heterocycles. The molecular weight excluding hydrogens is 390 g/mol. The highest BCUT2D eigenvalue weighted by molar-refractivity contribution is 7.13. The average molecular weight is 414 g/mol. The normalized spacial score (nSPS) is 11.1. The van der Waals surface area contributed by atoms with Gasteiger partial charge in [-0.2, -0.15) is 4.37 Å². The van der Waals surface area contributed by atoms with Crippen LogP contribution in [0.5, 0.6) is 0 Å². The zero-order valence-electron chi connectivity index (χ0n) is 16.5. The molecule has 2 heterocycles. The second-order valence-corrected chi connectivity index (χ2v) is 8.05. The second-order valence-electron chi connectivity index (χ2n) is 7.24. The number of fused-ring (bicyclic) bond motifs is 1. The number of carbonyl (C=O) groups excluding carboxylic acids is 2. The lowest BCUT2D eigenvalue weighted by Crippen LogP contribution is -2.30. The molecule has 9 heteroatoms. The van der Waals surface area contributed by atoms with E-state index in [9.17, 15) is 9.59 Å². The molecule has 0 radical (unpaired) electrons. The van der Waals surface area contributed by atoms with E-state index < -0.39 is 11.7 Å². The maximum Gasteiger partial charge on any atom is 0.413 e. The lowest BCUT2D eigenvalue weighted by molar-refractivity contribution is 0.0634. The number of nitrogens with zero attached hydrogens (tertiary/aromatic N) is 2. The molecule has 2 aromatic heterocycles. The van der Waals surface area contributed by atoms with Gasteiger partial charge in [0.05, 0.1) is 4.70 Å². The molecule has 0 unspecified atom stereocenters. The van der Waals surface area contributed by atoms with Crippen LogP contribution in [-0.4, -0.2) is 40.0 Å². The molecular formula is C20H23N5O3S. The van der Waals surface area contributed by atoms with E-state index in [1.54, 1.807) is 39.0 Å². The summed E-state index contributed by atoms with van der Waals surface area (Å²) in [5, 5.41) is 9.61. The van der Waals surface area contributed by atoms with Gasteiger partial charge in [0, 0.05) is 18.5 Å². The largest absolute Gasteiger partial charge is 0.444 e. The molecule has 8 nitrogen and oxygen atoms in total. The average Bonchev–Trinajstić information content (AvgIpc) is 3.07. The Bertz CT molecular complexity index is 1010. The Hall–Kier alpha value is -3.20. The van der Waals surface area contributed by atoms with Crippen molar-refractivity contribution in [2.45, 2.75) is 26.4 Å². The van der Waals surface area contributed by atoms with Crippen LogP contribution in [0.2, 0.25) is 0 Å². The Labute approximate surface area is 172 Å². The van der Waals surface area contributed by atoms with E-state index in [2.05, 4.69) is 25.3 Å². The lowest BCUT2D eigenvalue weighted by Gasteiger charge is -2.19. The minimum Gasteiger partial charge on any atom is -0.444 e. The zero-order valence-corrected chi connectivity index (χ0v) is 17.3. The van der Waals surface area contributed by atoms with Crippen LogP contribution in [0.3, 0.4) is 0 Å². The second kappa shape index (κ2) is 8.87. The summed E-state index contributed by atoms with van der Waals surface area (Å²) in [5.41, 5.74) is -0.410. The SMILES string of the molecule is CC(C)(C)OC(=O)Nc1cccc(C(=O)NCCNc2nsc3ccccc23)n1. The van der Waals surface area contributed by atoms with E-state index in [1.165, 1.54) is 11.5 Å². The smallest absolute Gasteiger partial charge is 0.413 e. The standard InChI is InChI=1S/C20H23N5O3S/c1-20(2,3)28-19(27)24-16-10-6-8-14(23-16)18(26)22-12-11-21-17-13-7-4-5-9-15(13)29-25-17/h4-10H,11-12H2,1-3H3,(H,21,25)(H,22,26)(H,23,24,27). The minimum atomic E-state index is -0.623. The fourth-order valence-corrected chi connectivity index (χ4v) is 3.25. The van der Waals surface area contributed by atoms with Gasteiger partial charge in [-0.3, -0.25) is 10.1 Å². The van der Waals surface area contributed by atoms with Gasteiger partial charge in [0.1, 0.15) is 22.9 Å². The van der Waals surface area contributed by atoms with Crippen LogP contribution >= 0.6 is 11.5 Å². The Balaban J connectivity index is 1.50. The number of nitrogens with one attached hydrogen (secondary N) is 3. The summed E-state index contributed by atoms with van der Waals surface area (Å²) in [4.78, 5) is 28.3. The third-order valence-corrected chi connectivity index (χ3v) is 4.52. The summed E-state index contributed by atoms with van der Waals surface area (Å²) in [7, 11) is 0. The molecule has 0 fully saturated rings. The fourth-order valence-electron chi connectivity index (χ4n) is 2.50. The zero-order chi connectivity index (χ0) is 20.9. The third kappa shape index (κ3) is 5.89. The van der Waals surface area contributed by atoms with E-state index >= 15 is 0 Å². The molecule has 0 saturated carbocycles. The van der Waals surface area contributed by atoms with Gasteiger partial charge in [-0.1, -0.05) is 18.2 Å². The molecule has 0 aliphatic rings. The first-order valence-corrected chi connectivity index (χ1v) is 9.93. The Morgan fingerprint density at radius 2 is 1.86 bits per heavy atom. The number of carbonyl (C=O) groups is 2. The molecule has 3 aromatic rings. The van der Waals surface area contributed by atoms with E-state index in [0.717, 1.165) is 15.9 Å². The molecule has 0 aliphatic heterocycles. The van der Waals surface area contributed by atoms with Crippen molar-refractivity contribution in [1.29, 1.82) is 0 Å². The summed E-state index contributed by atoms with van der Waals surface area (Å²) < 4.78 is 10.7. The summed E-state index contributed by atoms with van der Waals surface area (Å²) in [6, 6.07) is 12.8. The van der Waals surface area contributed by atoms with Gasteiger partial charge in [0.2, 0.25) is 0 Å². The quantitative estimate of drug-likeness (QED) is 0.530. The van der Waals surface area contributed by atoms with Crippen molar-refractivity contribution in [1.82, 2.24) is 14.7 Å². The monoisotopic (exact) mass is 413 g/mol. The summed E-state index contributed by atoms with van der Waals surface area (Å²) in [6.45, 7) is 6.23. The van der Waals surface area contributed by atoms with Crippen LogP contribution in [0.1, 0.15) is 31.3 Å². The highest BCUT2D eigenvalue weighted by Crippen LogP contribution is 2.25. The summed E-state index contributed by atoms with van der Waals surface area (Å²) in [5.74, 6) is 0.725. The molecule has 0 aliphatic carbocycles. The molecule has 1 aromatic carbocycles. The number of ether oxygens (including phenoxy) is 1. The van der Waals surface area contributed by atoms with Gasteiger partial charge >= 0.3 is 6.09 Å². The molecule has 29 heavy (non-hydrogen) atoms. The van der Waals surface area contributed by atoms with Crippen LogP contribution in [0.4, 0.5) is 16.4 Å². The number of hydrogen-bond donors (Lipinski definition) is 3. The number of pyridine rings is 1. The number of anilines is 2. The first-order valence-electron chi connectivity index (χ1n) is 9.15. The minimum absolute atomic E-state index is 0.206. The summed E-state index contributed by atoms with van der Waals surface area (Å²) in [6.07, 6.45) is -0.623. The third-order valence-electron chi connectivity index (χ3n) is 3.69. The molecule has 0 spiro atoms. The number of rotatable bonds is 6. The van der Waals surface area contributed by atoms with Crippen molar-refractivity contribution in [2.75, 3.05) is 23.7 Å². The lowest BCUT2D eigenvalue weighted by atomic mass is 10.2. The van der Waals surface area contributed by atoms with Crippen molar-refractivity contribution >= 4 is 45.3 Å². The van der Waals surface area contributed by atoms with Crippen LogP contribution in [-0.2, 0) is 4.74 Å². The predicted octanol–water partition coefficient (Wildman–Crippen LogP) is 3.88. The van der Waals surface area contributed by atoms with E-state index in [-0.39, 0.29) is 17.4 Å². The number of aromatic nitrogens is 2. The van der Waals surface area contributed by atoms with E-state index in [0.29, 0.717) is 13.1 Å². The molecule has 0 atom stereocenters. The van der Waals surface area contributed by atoms with Gasteiger partial charge in [-0.05, 0) is 56.6 Å². The van der Waals surface area contributed by atoms with Gasteiger partial charge in [0.15, 0.2) is 0 Å².